The third kappa shape index (κ3) is 5.22. The smallest absolute Gasteiger partial charge is 0.191 e. The fraction of sp³-hybridized carbons (Fsp3) is 0.444. The van der Waals surface area contributed by atoms with Crippen molar-refractivity contribution < 1.29 is 0 Å². The third-order valence-electron chi connectivity index (χ3n) is 4.35. The van der Waals surface area contributed by atoms with E-state index in [4.69, 9.17) is 5.73 Å². The third-order valence-corrected chi connectivity index (χ3v) is 4.35. The van der Waals surface area contributed by atoms with Crippen molar-refractivity contribution in [1.29, 1.82) is 0 Å². The highest BCUT2D eigenvalue weighted by molar-refractivity contribution is 14.0. The molecule has 3 rings (SSSR count). The second kappa shape index (κ2) is 9.66. The largest absolute Gasteiger partial charge is 0.370 e. The van der Waals surface area contributed by atoms with Crippen molar-refractivity contribution in [2.75, 3.05) is 13.1 Å². The topological polar surface area (TPSA) is 59.4 Å². The van der Waals surface area contributed by atoms with Gasteiger partial charge < -0.3 is 15.2 Å². The fourth-order valence-electron chi connectivity index (χ4n) is 2.96. The maximum Gasteiger partial charge on any atom is 0.191 e. The Labute approximate surface area is 161 Å². The number of piperidine rings is 1. The molecular weight excluding hydrogens is 413 g/mol. The van der Waals surface area contributed by atoms with Crippen LogP contribution in [0.3, 0.4) is 0 Å². The standard InChI is InChI=1S/C18H25N5.HI/c19-18(23-11-5-2-6-12-23)21-15-17-20-10-14-22(17)13-9-16-7-3-1-4-8-16;/h1,3-4,7-8,10,14H,2,5-6,9,11-13,15H2,(H2,19,21);1H. The summed E-state index contributed by atoms with van der Waals surface area (Å²) in [4.78, 5) is 11.2. The molecule has 24 heavy (non-hydrogen) atoms. The number of likely N-dealkylation sites (tertiary alicyclic amines) is 1. The highest BCUT2D eigenvalue weighted by atomic mass is 127. The van der Waals surface area contributed by atoms with Crippen LogP contribution < -0.4 is 5.73 Å². The van der Waals surface area contributed by atoms with Crippen LogP contribution in [-0.2, 0) is 19.5 Å². The lowest BCUT2D eigenvalue weighted by molar-refractivity contribution is 0.338. The van der Waals surface area contributed by atoms with Gasteiger partial charge in [-0.3, -0.25) is 0 Å². The minimum absolute atomic E-state index is 0. The molecule has 6 heteroatoms. The normalized spacial score (nSPS) is 15.2. The van der Waals surface area contributed by atoms with Crippen LogP contribution in [0.15, 0.2) is 47.7 Å². The van der Waals surface area contributed by atoms with E-state index in [0.29, 0.717) is 12.5 Å². The molecule has 0 radical (unpaired) electrons. The molecule has 0 unspecified atom stereocenters. The van der Waals surface area contributed by atoms with E-state index < -0.39 is 0 Å². The predicted octanol–water partition coefficient (Wildman–Crippen LogP) is 3.04. The molecule has 0 aliphatic carbocycles. The molecule has 130 valence electrons. The molecule has 2 heterocycles. The number of nitrogens with zero attached hydrogens (tertiary/aromatic N) is 4. The molecular formula is C18H26IN5. The van der Waals surface area contributed by atoms with Crippen LogP contribution in [0.5, 0.6) is 0 Å². The second-order valence-electron chi connectivity index (χ2n) is 5.99. The number of hydrogen-bond donors (Lipinski definition) is 1. The highest BCUT2D eigenvalue weighted by Gasteiger charge is 2.12. The maximum absolute atomic E-state index is 6.12. The zero-order chi connectivity index (χ0) is 15.9. The Morgan fingerprint density at radius 2 is 1.88 bits per heavy atom. The van der Waals surface area contributed by atoms with Crippen molar-refractivity contribution in [3.8, 4) is 0 Å². The lowest BCUT2D eigenvalue weighted by Crippen LogP contribution is -2.40. The van der Waals surface area contributed by atoms with Crippen LogP contribution >= 0.6 is 24.0 Å². The van der Waals surface area contributed by atoms with E-state index in [0.717, 1.165) is 31.9 Å². The number of hydrogen-bond acceptors (Lipinski definition) is 2. The van der Waals surface area contributed by atoms with Crippen molar-refractivity contribution >= 4 is 29.9 Å². The van der Waals surface area contributed by atoms with Crippen molar-refractivity contribution in [2.45, 2.75) is 38.8 Å². The average Bonchev–Trinajstić information content (AvgIpc) is 3.07. The molecule has 1 aliphatic rings. The van der Waals surface area contributed by atoms with E-state index in [1.165, 1.54) is 24.8 Å². The van der Waals surface area contributed by atoms with Crippen molar-refractivity contribution in [3.05, 3.63) is 54.1 Å². The van der Waals surface area contributed by atoms with Gasteiger partial charge in [-0.15, -0.1) is 24.0 Å². The molecule has 0 bridgehead atoms. The Morgan fingerprint density at radius 3 is 2.62 bits per heavy atom. The van der Waals surface area contributed by atoms with Crippen LogP contribution in [0.2, 0.25) is 0 Å². The van der Waals surface area contributed by atoms with E-state index in [2.05, 4.69) is 43.7 Å². The van der Waals surface area contributed by atoms with Gasteiger partial charge in [-0.25, -0.2) is 9.98 Å². The molecule has 5 nitrogen and oxygen atoms in total. The summed E-state index contributed by atoms with van der Waals surface area (Å²) in [7, 11) is 0. The molecule has 0 amide bonds. The van der Waals surface area contributed by atoms with E-state index in [-0.39, 0.29) is 24.0 Å². The number of imidazole rings is 1. The van der Waals surface area contributed by atoms with Gasteiger partial charge in [0, 0.05) is 32.0 Å². The zero-order valence-electron chi connectivity index (χ0n) is 14.0. The summed E-state index contributed by atoms with van der Waals surface area (Å²) >= 11 is 0. The number of nitrogens with two attached hydrogens (primary N) is 1. The summed E-state index contributed by atoms with van der Waals surface area (Å²) in [6.07, 6.45) is 8.57. The molecule has 1 aliphatic heterocycles. The molecule has 1 saturated heterocycles. The highest BCUT2D eigenvalue weighted by Crippen LogP contribution is 2.09. The summed E-state index contributed by atoms with van der Waals surface area (Å²) in [5.74, 6) is 1.63. The summed E-state index contributed by atoms with van der Waals surface area (Å²) in [6.45, 7) is 3.51. The summed E-state index contributed by atoms with van der Waals surface area (Å²) in [6, 6.07) is 10.5. The fourth-order valence-corrected chi connectivity index (χ4v) is 2.96. The van der Waals surface area contributed by atoms with Gasteiger partial charge in [0.05, 0.1) is 0 Å². The summed E-state index contributed by atoms with van der Waals surface area (Å²) in [5, 5.41) is 0. The molecule has 2 N–H and O–H groups in total. The number of halogens is 1. The Bertz CT molecular complexity index is 632. The van der Waals surface area contributed by atoms with Crippen molar-refractivity contribution in [2.24, 2.45) is 10.7 Å². The van der Waals surface area contributed by atoms with Crippen LogP contribution in [0.1, 0.15) is 30.7 Å². The summed E-state index contributed by atoms with van der Waals surface area (Å²) < 4.78 is 2.17. The van der Waals surface area contributed by atoms with E-state index in [1.807, 2.05) is 18.5 Å². The number of aryl methyl sites for hydroxylation is 2. The monoisotopic (exact) mass is 439 g/mol. The lowest BCUT2D eigenvalue weighted by Gasteiger charge is -2.27. The Hall–Kier alpha value is -1.57. The molecule has 2 aromatic rings. The quantitative estimate of drug-likeness (QED) is 0.443. The Morgan fingerprint density at radius 1 is 1.12 bits per heavy atom. The summed E-state index contributed by atoms with van der Waals surface area (Å²) in [5.41, 5.74) is 7.46. The van der Waals surface area contributed by atoms with Gasteiger partial charge in [-0.05, 0) is 31.2 Å². The molecule has 0 saturated carbocycles. The first-order chi connectivity index (χ1) is 11.3. The predicted molar refractivity (Wildman–Crippen MR) is 109 cm³/mol. The first-order valence-corrected chi connectivity index (χ1v) is 8.42. The van der Waals surface area contributed by atoms with Gasteiger partial charge in [0.15, 0.2) is 5.96 Å². The molecule has 1 aromatic heterocycles. The molecule has 0 atom stereocenters. The van der Waals surface area contributed by atoms with Gasteiger partial charge in [0.25, 0.3) is 0 Å². The van der Waals surface area contributed by atoms with E-state index in [1.54, 1.807) is 0 Å². The first-order valence-electron chi connectivity index (χ1n) is 8.42. The second-order valence-corrected chi connectivity index (χ2v) is 5.99. The maximum atomic E-state index is 6.12. The number of benzene rings is 1. The number of aromatic nitrogens is 2. The SMILES string of the molecule is I.NC(=NCc1nccn1CCc1ccccc1)N1CCCCC1. The van der Waals surface area contributed by atoms with Crippen LogP contribution in [-0.4, -0.2) is 33.5 Å². The van der Waals surface area contributed by atoms with Crippen LogP contribution in [0, 0.1) is 0 Å². The van der Waals surface area contributed by atoms with Gasteiger partial charge in [-0.1, -0.05) is 30.3 Å². The van der Waals surface area contributed by atoms with Crippen LogP contribution in [0.25, 0.3) is 0 Å². The molecule has 1 fully saturated rings. The van der Waals surface area contributed by atoms with Crippen molar-refractivity contribution in [1.82, 2.24) is 14.5 Å². The minimum atomic E-state index is 0. The lowest BCUT2D eigenvalue weighted by atomic mass is 10.1. The molecule has 0 spiro atoms. The Balaban J connectivity index is 0.00000208. The van der Waals surface area contributed by atoms with Gasteiger partial charge in [0.2, 0.25) is 0 Å². The van der Waals surface area contributed by atoms with Gasteiger partial charge in [-0.2, -0.15) is 0 Å². The van der Waals surface area contributed by atoms with Gasteiger partial charge in [0.1, 0.15) is 12.4 Å². The molecule has 1 aromatic carbocycles. The first kappa shape index (κ1) is 18.8. The van der Waals surface area contributed by atoms with Gasteiger partial charge >= 0.3 is 0 Å². The van der Waals surface area contributed by atoms with E-state index in [9.17, 15) is 0 Å². The van der Waals surface area contributed by atoms with E-state index >= 15 is 0 Å². The van der Waals surface area contributed by atoms with Crippen LogP contribution in [0.4, 0.5) is 0 Å². The number of aliphatic imine (C=N–C) groups is 1. The van der Waals surface area contributed by atoms with Crippen molar-refractivity contribution in [3.63, 3.8) is 0 Å². The number of guanidine groups is 1. The average molecular weight is 439 g/mol. The zero-order valence-corrected chi connectivity index (χ0v) is 16.3. The number of rotatable bonds is 5. The minimum Gasteiger partial charge on any atom is -0.370 e. The Kier molecular flexibility index (Phi) is 7.55.